The number of hydrogen-bond donors (Lipinski definition) is 2. The van der Waals surface area contributed by atoms with Gasteiger partial charge in [-0.2, -0.15) is 0 Å². The van der Waals surface area contributed by atoms with Crippen LogP contribution in [0.5, 0.6) is 11.5 Å². The van der Waals surface area contributed by atoms with Gasteiger partial charge >= 0.3 is 0 Å². The first kappa shape index (κ1) is 15.1. The molecule has 0 aliphatic carbocycles. The molecule has 3 N–H and O–H groups in total. The molecule has 0 aliphatic heterocycles. The van der Waals surface area contributed by atoms with Gasteiger partial charge in [0.25, 0.3) is 0 Å². The van der Waals surface area contributed by atoms with E-state index in [1.807, 2.05) is 48.5 Å². The van der Waals surface area contributed by atoms with Gasteiger partial charge in [-0.15, -0.1) is 0 Å². The summed E-state index contributed by atoms with van der Waals surface area (Å²) in [5.41, 5.74) is 7.75. The van der Waals surface area contributed by atoms with E-state index in [-0.39, 0.29) is 6.04 Å². The van der Waals surface area contributed by atoms with Gasteiger partial charge in [0.05, 0.1) is 14.2 Å². The number of thiocarbonyl (C=S) groups is 1. The molecule has 0 fully saturated rings. The number of methoxy groups -OCH3 is 2. The SMILES string of the molecule is COc1ccc(C(Nc2ccccc2)C(N)=S)cc1OC. The van der Waals surface area contributed by atoms with Crippen LogP contribution in [0.15, 0.2) is 48.5 Å². The van der Waals surface area contributed by atoms with E-state index in [9.17, 15) is 0 Å². The maximum absolute atomic E-state index is 5.88. The fourth-order valence-electron chi connectivity index (χ4n) is 2.05. The van der Waals surface area contributed by atoms with Crippen molar-refractivity contribution in [1.82, 2.24) is 0 Å². The largest absolute Gasteiger partial charge is 0.493 e. The molecule has 0 heterocycles. The molecule has 1 atom stereocenters. The number of para-hydroxylation sites is 1. The monoisotopic (exact) mass is 302 g/mol. The highest BCUT2D eigenvalue weighted by Gasteiger charge is 2.16. The molecule has 0 aromatic heterocycles. The van der Waals surface area contributed by atoms with Crippen LogP contribution in [-0.2, 0) is 0 Å². The van der Waals surface area contributed by atoms with Crippen molar-refractivity contribution in [3.8, 4) is 11.5 Å². The molecule has 21 heavy (non-hydrogen) atoms. The Kier molecular flexibility index (Phi) is 5.00. The summed E-state index contributed by atoms with van der Waals surface area (Å²) in [7, 11) is 3.20. The Labute approximate surface area is 129 Å². The zero-order valence-electron chi connectivity index (χ0n) is 12.0. The quantitative estimate of drug-likeness (QED) is 0.803. The van der Waals surface area contributed by atoms with Crippen LogP contribution in [0, 0.1) is 0 Å². The van der Waals surface area contributed by atoms with Crippen LogP contribution in [0.1, 0.15) is 11.6 Å². The van der Waals surface area contributed by atoms with Crippen molar-refractivity contribution in [3.05, 3.63) is 54.1 Å². The van der Waals surface area contributed by atoms with Gasteiger partial charge in [0.2, 0.25) is 0 Å². The number of ether oxygens (including phenoxy) is 2. The predicted octanol–water partition coefficient (Wildman–Crippen LogP) is 3.14. The highest BCUT2D eigenvalue weighted by Crippen LogP contribution is 2.31. The van der Waals surface area contributed by atoms with Crippen LogP contribution in [0.4, 0.5) is 5.69 Å². The number of nitrogens with two attached hydrogens (primary N) is 1. The minimum atomic E-state index is -0.276. The predicted molar refractivity (Wildman–Crippen MR) is 89.1 cm³/mol. The molecule has 4 nitrogen and oxygen atoms in total. The highest BCUT2D eigenvalue weighted by atomic mass is 32.1. The van der Waals surface area contributed by atoms with Gasteiger partial charge in [0.15, 0.2) is 11.5 Å². The molecule has 0 radical (unpaired) electrons. The van der Waals surface area contributed by atoms with Crippen molar-refractivity contribution in [2.45, 2.75) is 6.04 Å². The Hall–Kier alpha value is -2.27. The van der Waals surface area contributed by atoms with Crippen molar-refractivity contribution in [3.63, 3.8) is 0 Å². The minimum absolute atomic E-state index is 0.276. The third-order valence-corrected chi connectivity index (χ3v) is 3.35. The number of hydrogen-bond acceptors (Lipinski definition) is 4. The molecule has 0 aliphatic rings. The molecule has 2 rings (SSSR count). The summed E-state index contributed by atoms with van der Waals surface area (Å²) in [4.78, 5) is 0.367. The van der Waals surface area contributed by atoms with Crippen molar-refractivity contribution < 1.29 is 9.47 Å². The van der Waals surface area contributed by atoms with Crippen LogP contribution < -0.4 is 20.5 Å². The Balaban J connectivity index is 2.32. The first-order chi connectivity index (χ1) is 10.2. The molecule has 5 heteroatoms. The van der Waals surface area contributed by atoms with Crippen LogP contribution in [0.2, 0.25) is 0 Å². The van der Waals surface area contributed by atoms with Crippen LogP contribution in [0.3, 0.4) is 0 Å². The van der Waals surface area contributed by atoms with Gasteiger partial charge in [0.1, 0.15) is 11.0 Å². The summed E-state index contributed by atoms with van der Waals surface area (Å²) in [5, 5.41) is 3.32. The van der Waals surface area contributed by atoms with E-state index in [4.69, 9.17) is 27.4 Å². The maximum atomic E-state index is 5.88. The summed E-state index contributed by atoms with van der Waals surface area (Å²) in [6.07, 6.45) is 0. The van der Waals surface area contributed by atoms with E-state index in [0.29, 0.717) is 16.5 Å². The van der Waals surface area contributed by atoms with Crippen LogP contribution in [0.25, 0.3) is 0 Å². The number of rotatable bonds is 6. The molecule has 0 amide bonds. The average Bonchev–Trinajstić information content (AvgIpc) is 2.52. The van der Waals surface area contributed by atoms with Gasteiger partial charge in [-0.05, 0) is 29.8 Å². The van der Waals surface area contributed by atoms with Gasteiger partial charge in [-0.25, -0.2) is 0 Å². The minimum Gasteiger partial charge on any atom is -0.493 e. The van der Waals surface area contributed by atoms with Gasteiger partial charge in [0, 0.05) is 5.69 Å². The molecule has 2 aromatic rings. The number of nitrogens with one attached hydrogen (secondary N) is 1. The molecule has 110 valence electrons. The van der Waals surface area contributed by atoms with Crippen molar-refractivity contribution in [1.29, 1.82) is 0 Å². The molecule has 1 unspecified atom stereocenters. The zero-order valence-corrected chi connectivity index (χ0v) is 12.8. The van der Waals surface area contributed by atoms with E-state index in [1.54, 1.807) is 14.2 Å². The second-order valence-corrected chi connectivity index (χ2v) is 4.93. The average molecular weight is 302 g/mol. The van der Waals surface area contributed by atoms with Crippen molar-refractivity contribution >= 4 is 22.9 Å². The Morgan fingerprint density at radius 2 is 1.71 bits per heavy atom. The van der Waals surface area contributed by atoms with E-state index >= 15 is 0 Å². The van der Waals surface area contributed by atoms with Gasteiger partial charge in [-0.1, -0.05) is 36.5 Å². The van der Waals surface area contributed by atoms with Crippen molar-refractivity contribution in [2.75, 3.05) is 19.5 Å². The maximum Gasteiger partial charge on any atom is 0.161 e. The Bertz CT molecular complexity index is 617. The summed E-state index contributed by atoms with van der Waals surface area (Å²) in [6, 6.07) is 15.1. The lowest BCUT2D eigenvalue weighted by atomic mass is 10.1. The molecular weight excluding hydrogens is 284 g/mol. The number of anilines is 1. The molecular formula is C16H18N2O2S. The first-order valence-electron chi connectivity index (χ1n) is 6.48. The molecule has 0 saturated heterocycles. The molecule has 0 spiro atoms. The normalized spacial score (nSPS) is 11.5. The third kappa shape index (κ3) is 3.64. The van der Waals surface area contributed by atoms with Crippen LogP contribution >= 0.6 is 12.2 Å². The first-order valence-corrected chi connectivity index (χ1v) is 6.89. The van der Waals surface area contributed by atoms with E-state index < -0.39 is 0 Å². The lowest BCUT2D eigenvalue weighted by molar-refractivity contribution is 0.354. The van der Waals surface area contributed by atoms with E-state index in [2.05, 4.69) is 5.32 Å². The molecule has 0 bridgehead atoms. The fraction of sp³-hybridized carbons (Fsp3) is 0.188. The van der Waals surface area contributed by atoms with Crippen LogP contribution in [-0.4, -0.2) is 19.2 Å². The van der Waals surface area contributed by atoms with Crippen molar-refractivity contribution in [2.24, 2.45) is 5.73 Å². The lowest BCUT2D eigenvalue weighted by Crippen LogP contribution is -2.26. The molecule has 0 saturated carbocycles. The fourth-order valence-corrected chi connectivity index (χ4v) is 2.25. The zero-order chi connectivity index (χ0) is 15.2. The summed E-state index contributed by atoms with van der Waals surface area (Å²) < 4.78 is 10.6. The lowest BCUT2D eigenvalue weighted by Gasteiger charge is -2.20. The van der Waals surface area contributed by atoms with E-state index in [1.165, 1.54) is 0 Å². The highest BCUT2D eigenvalue weighted by molar-refractivity contribution is 7.80. The topological polar surface area (TPSA) is 56.5 Å². The standard InChI is InChI=1S/C16H18N2O2S/c1-19-13-9-8-11(10-14(13)20-2)15(16(17)21)18-12-6-4-3-5-7-12/h3-10,15,18H,1-2H3,(H2,17,21). The summed E-state index contributed by atoms with van der Waals surface area (Å²) in [6.45, 7) is 0. The Morgan fingerprint density at radius 3 is 2.29 bits per heavy atom. The van der Waals surface area contributed by atoms with Gasteiger partial charge in [-0.3, -0.25) is 0 Å². The Morgan fingerprint density at radius 1 is 1.05 bits per heavy atom. The second-order valence-electron chi connectivity index (χ2n) is 4.46. The van der Waals surface area contributed by atoms with Gasteiger partial charge < -0.3 is 20.5 Å². The number of benzene rings is 2. The van der Waals surface area contributed by atoms with E-state index in [0.717, 1.165) is 11.3 Å². The second kappa shape index (κ2) is 6.95. The summed E-state index contributed by atoms with van der Waals surface area (Å²) >= 11 is 5.18. The smallest absolute Gasteiger partial charge is 0.161 e. The third-order valence-electron chi connectivity index (χ3n) is 3.11. The molecule has 2 aromatic carbocycles. The summed E-state index contributed by atoms with van der Waals surface area (Å²) in [5.74, 6) is 1.31.